The third kappa shape index (κ3) is 3.35. The first-order chi connectivity index (χ1) is 12.6. The number of benzene rings is 2. The van der Waals surface area contributed by atoms with E-state index in [9.17, 15) is 4.79 Å². The predicted molar refractivity (Wildman–Crippen MR) is 105 cm³/mol. The molecule has 0 spiro atoms. The first-order valence-corrected chi connectivity index (χ1v) is 9.53. The molecule has 0 N–H and O–H groups in total. The number of ether oxygens (including phenoxy) is 1. The zero-order valence-electron chi connectivity index (χ0n) is 14.9. The summed E-state index contributed by atoms with van der Waals surface area (Å²) in [6.07, 6.45) is 0.864. The van der Waals surface area contributed by atoms with Crippen molar-refractivity contribution in [1.82, 2.24) is 4.98 Å². The fraction of sp³-hybridized carbons (Fsp3) is 0.238. The number of hydrogen-bond acceptors (Lipinski definition) is 4. The van der Waals surface area contributed by atoms with Crippen LogP contribution in [0.1, 0.15) is 16.1 Å². The van der Waals surface area contributed by atoms with Crippen molar-refractivity contribution in [2.45, 2.75) is 20.3 Å². The van der Waals surface area contributed by atoms with Crippen LogP contribution < -0.4 is 9.64 Å². The largest absolute Gasteiger partial charge is 0.484 e. The van der Waals surface area contributed by atoms with Gasteiger partial charge in [0.2, 0.25) is 0 Å². The van der Waals surface area contributed by atoms with Crippen LogP contribution in [0.4, 0.5) is 5.69 Å². The number of nitrogens with zero attached hydrogens (tertiary/aromatic N) is 2. The van der Waals surface area contributed by atoms with E-state index in [0.29, 0.717) is 6.54 Å². The minimum Gasteiger partial charge on any atom is -0.484 e. The number of aromatic nitrogens is 1. The topological polar surface area (TPSA) is 42.4 Å². The highest BCUT2D eigenvalue weighted by molar-refractivity contribution is 7.09. The summed E-state index contributed by atoms with van der Waals surface area (Å²) in [6, 6.07) is 14.0. The Hall–Kier alpha value is -2.66. The molecule has 0 saturated carbocycles. The Morgan fingerprint density at radius 2 is 2.12 bits per heavy atom. The molecule has 132 valence electrons. The van der Waals surface area contributed by atoms with Crippen LogP contribution in [-0.2, 0) is 11.2 Å². The summed E-state index contributed by atoms with van der Waals surface area (Å²) in [6.45, 7) is 4.77. The predicted octanol–water partition coefficient (Wildman–Crippen LogP) is 4.40. The third-order valence-corrected chi connectivity index (χ3v) is 5.32. The lowest BCUT2D eigenvalue weighted by molar-refractivity contribution is -0.120. The molecule has 0 fully saturated rings. The molecule has 5 heteroatoms. The molecule has 4 nitrogen and oxygen atoms in total. The monoisotopic (exact) mass is 364 g/mol. The second-order valence-corrected chi connectivity index (χ2v) is 7.56. The maximum Gasteiger partial charge on any atom is 0.264 e. The van der Waals surface area contributed by atoms with Gasteiger partial charge in [0.25, 0.3) is 5.91 Å². The minimum atomic E-state index is -0.0116. The normalized spacial score (nSPS) is 12.9. The molecule has 0 atom stereocenters. The molecule has 4 rings (SSSR count). The van der Waals surface area contributed by atoms with Crippen molar-refractivity contribution < 1.29 is 9.53 Å². The van der Waals surface area contributed by atoms with Crippen LogP contribution in [0, 0.1) is 13.8 Å². The molecule has 2 aromatic carbocycles. The van der Waals surface area contributed by atoms with Gasteiger partial charge in [-0.1, -0.05) is 18.2 Å². The lowest BCUT2D eigenvalue weighted by atomic mass is 10.1. The highest BCUT2D eigenvalue weighted by atomic mass is 32.1. The number of hydrogen-bond donors (Lipinski definition) is 0. The minimum absolute atomic E-state index is 0.0116. The molecule has 1 aliphatic heterocycles. The van der Waals surface area contributed by atoms with Crippen molar-refractivity contribution in [2.24, 2.45) is 0 Å². The lowest BCUT2D eigenvalue weighted by Gasteiger charge is -2.18. The summed E-state index contributed by atoms with van der Waals surface area (Å²) < 4.78 is 5.67. The number of amides is 1. The summed E-state index contributed by atoms with van der Waals surface area (Å²) >= 11 is 1.65. The van der Waals surface area contributed by atoms with Gasteiger partial charge in [-0.05, 0) is 55.7 Å². The molecule has 0 aliphatic carbocycles. The molecule has 26 heavy (non-hydrogen) atoms. The molecule has 0 bridgehead atoms. The third-order valence-electron chi connectivity index (χ3n) is 4.54. The Kier molecular flexibility index (Phi) is 4.47. The zero-order chi connectivity index (χ0) is 18.1. The van der Waals surface area contributed by atoms with Crippen LogP contribution >= 0.6 is 11.3 Å². The fourth-order valence-corrected chi connectivity index (χ4v) is 3.87. The van der Waals surface area contributed by atoms with Crippen LogP contribution in [-0.4, -0.2) is 24.0 Å². The van der Waals surface area contributed by atoms with Gasteiger partial charge in [-0.2, -0.15) is 0 Å². The van der Waals surface area contributed by atoms with E-state index >= 15 is 0 Å². The molecule has 0 unspecified atom stereocenters. The standard InChI is InChI=1S/C21H20N2O2S/c1-14-4-3-5-18(10-14)25-12-21(24)23-9-8-17-11-16(6-7-20(17)23)19-13-26-15(2)22-19/h3-7,10-11,13H,8-9,12H2,1-2H3. The summed E-state index contributed by atoms with van der Waals surface area (Å²) in [5.74, 6) is 0.717. The Bertz CT molecular complexity index is 964. The number of aryl methyl sites for hydroxylation is 2. The van der Waals surface area contributed by atoms with Gasteiger partial charge >= 0.3 is 0 Å². The van der Waals surface area contributed by atoms with Gasteiger partial charge < -0.3 is 9.64 Å². The molecule has 1 aliphatic rings. The van der Waals surface area contributed by atoms with Gasteiger partial charge in [0.05, 0.1) is 10.7 Å². The second kappa shape index (κ2) is 6.92. The lowest BCUT2D eigenvalue weighted by Crippen LogP contribution is -2.33. The van der Waals surface area contributed by atoms with E-state index in [1.54, 1.807) is 11.3 Å². The van der Waals surface area contributed by atoms with Crippen LogP contribution in [0.25, 0.3) is 11.3 Å². The van der Waals surface area contributed by atoms with Gasteiger partial charge in [-0.3, -0.25) is 4.79 Å². The molecular formula is C21H20N2O2S. The van der Waals surface area contributed by atoms with Crippen LogP contribution in [0.15, 0.2) is 47.8 Å². The summed E-state index contributed by atoms with van der Waals surface area (Å²) in [5.41, 5.74) is 5.41. The van der Waals surface area contributed by atoms with E-state index in [1.165, 1.54) is 5.56 Å². The van der Waals surface area contributed by atoms with E-state index in [2.05, 4.69) is 16.4 Å². The van der Waals surface area contributed by atoms with Crippen molar-refractivity contribution in [3.05, 3.63) is 64.0 Å². The number of carbonyl (C=O) groups excluding carboxylic acids is 1. The van der Waals surface area contributed by atoms with Gasteiger partial charge in [-0.15, -0.1) is 11.3 Å². The highest BCUT2D eigenvalue weighted by Gasteiger charge is 2.25. The molecule has 2 heterocycles. The van der Waals surface area contributed by atoms with Crippen LogP contribution in [0.3, 0.4) is 0 Å². The average molecular weight is 364 g/mol. The van der Waals surface area contributed by atoms with E-state index in [-0.39, 0.29) is 12.5 Å². The van der Waals surface area contributed by atoms with Crippen molar-refractivity contribution in [1.29, 1.82) is 0 Å². The first-order valence-electron chi connectivity index (χ1n) is 8.65. The molecule has 0 radical (unpaired) electrons. The van der Waals surface area contributed by atoms with Crippen LogP contribution in [0.2, 0.25) is 0 Å². The number of rotatable bonds is 4. The quantitative estimate of drug-likeness (QED) is 0.689. The Labute approximate surface area is 157 Å². The molecule has 0 saturated heterocycles. The van der Waals surface area contributed by atoms with Crippen LogP contribution in [0.5, 0.6) is 5.75 Å². The van der Waals surface area contributed by atoms with E-state index in [4.69, 9.17) is 4.74 Å². The van der Waals surface area contributed by atoms with Crippen molar-refractivity contribution in [3.8, 4) is 17.0 Å². The SMILES string of the molecule is Cc1cccc(OCC(=O)N2CCc3cc(-c4csc(C)n4)ccc32)c1. The molecule has 1 amide bonds. The van der Waals surface area contributed by atoms with Gasteiger partial charge in [-0.25, -0.2) is 4.98 Å². The first kappa shape index (κ1) is 16.8. The number of anilines is 1. The van der Waals surface area contributed by atoms with Crippen molar-refractivity contribution in [3.63, 3.8) is 0 Å². The highest BCUT2D eigenvalue weighted by Crippen LogP contribution is 2.32. The fourth-order valence-electron chi connectivity index (χ4n) is 3.24. The summed E-state index contributed by atoms with van der Waals surface area (Å²) in [7, 11) is 0. The second-order valence-electron chi connectivity index (χ2n) is 6.50. The summed E-state index contributed by atoms with van der Waals surface area (Å²) in [4.78, 5) is 19.0. The average Bonchev–Trinajstić information content (AvgIpc) is 3.25. The number of carbonyl (C=O) groups is 1. The maximum atomic E-state index is 12.6. The van der Waals surface area contributed by atoms with Gasteiger partial charge in [0, 0.05) is 23.2 Å². The van der Waals surface area contributed by atoms with E-state index in [1.807, 2.05) is 55.1 Å². The molecule has 1 aromatic heterocycles. The Morgan fingerprint density at radius 3 is 2.88 bits per heavy atom. The maximum absolute atomic E-state index is 12.6. The number of fused-ring (bicyclic) bond motifs is 1. The molecule has 3 aromatic rings. The van der Waals surface area contributed by atoms with Crippen molar-refractivity contribution in [2.75, 3.05) is 18.1 Å². The van der Waals surface area contributed by atoms with Gasteiger partial charge in [0.15, 0.2) is 6.61 Å². The zero-order valence-corrected chi connectivity index (χ0v) is 15.7. The number of thiazole rings is 1. The van der Waals surface area contributed by atoms with E-state index < -0.39 is 0 Å². The van der Waals surface area contributed by atoms with E-state index in [0.717, 1.165) is 39.7 Å². The Balaban J connectivity index is 1.48. The smallest absolute Gasteiger partial charge is 0.264 e. The Morgan fingerprint density at radius 1 is 1.23 bits per heavy atom. The summed E-state index contributed by atoms with van der Waals surface area (Å²) in [5, 5.41) is 3.13. The molecular weight excluding hydrogens is 344 g/mol. The van der Waals surface area contributed by atoms with Gasteiger partial charge in [0.1, 0.15) is 5.75 Å². The van der Waals surface area contributed by atoms with Crippen molar-refractivity contribution >= 4 is 22.9 Å².